The molecule has 2 atom stereocenters. The number of aliphatic hydroxyl groups excluding tert-OH is 1. The predicted molar refractivity (Wildman–Crippen MR) is 51.3 cm³/mol. The van der Waals surface area contributed by atoms with E-state index in [0.717, 1.165) is 12.8 Å². The zero-order valence-corrected chi connectivity index (χ0v) is 8.91. The van der Waals surface area contributed by atoms with E-state index in [2.05, 4.69) is 18.6 Å². The van der Waals surface area contributed by atoms with E-state index in [1.54, 1.807) is 0 Å². The summed E-state index contributed by atoms with van der Waals surface area (Å²) < 4.78 is 4.45. The number of hydrogen-bond donors (Lipinski definition) is 1. The molecule has 0 saturated heterocycles. The lowest BCUT2D eigenvalue weighted by Crippen LogP contribution is -2.29. The van der Waals surface area contributed by atoms with Crippen molar-refractivity contribution in [2.24, 2.45) is 11.8 Å². The molecule has 3 heteroatoms. The molecular formula is C10H20O3. The van der Waals surface area contributed by atoms with Crippen LogP contribution in [0.5, 0.6) is 0 Å². The quantitative estimate of drug-likeness (QED) is 0.666. The molecule has 0 spiro atoms. The van der Waals surface area contributed by atoms with E-state index in [9.17, 15) is 9.90 Å². The Kier molecular flexibility index (Phi) is 5.71. The summed E-state index contributed by atoms with van der Waals surface area (Å²) >= 11 is 0. The molecule has 0 aliphatic heterocycles. The van der Waals surface area contributed by atoms with E-state index in [0.29, 0.717) is 5.92 Å². The summed E-state index contributed by atoms with van der Waals surface area (Å²) in [4.78, 5) is 10.9. The maximum absolute atomic E-state index is 10.9. The minimum Gasteiger partial charge on any atom is -0.467 e. The minimum atomic E-state index is -0.969. The molecule has 0 saturated carbocycles. The first-order valence-electron chi connectivity index (χ1n) is 4.75. The summed E-state index contributed by atoms with van der Waals surface area (Å²) in [6.07, 6.45) is 0.909. The summed E-state index contributed by atoms with van der Waals surface area (Å²) in [7, 11) is 1.29. The molecule has 0 bridgehead atoms. The molecule has 0 aliphatic carbocycles. The van der Waals surface area contributed by atoms with Crippen LogP contribution in [0.1, 0.15) is 33.6 Å². The molecular weight excluding hydrogens is 168 g/mol. The third-order valence-corrected chi connectivity index (χ3v) is 2.18. The van der Waals surface area contributed by atoms with E-state index in [1.807, 2.05) is 6.92 Å². The molecule has 1 N–H and O–H groups in total. The summed E-state index contributed by atoms with van der Waals surface area (Å²) in [6, 6.07) is 0. The van der Waals surface area contributed by atoms with Gasteiger partial charge in [0.25, 0.3) is 0 Å². The second kappa shape index (κ2) is 5.97. The highest BCUT2D eigenvalue weighted by atomic mass is 16.5. The van der Waals surface area contributed by atoms with Crippen LogP contribution in [0.15, 0.2) is 0 Å². The monoisotopic (exact) mass is 188 g/mol. The van der Waals surface area contributed by atoms with Crippen LogP contribution in [0.4, 0.5) is 0 Å². The van der Waals surface area contributed by atoms with E-state index < -0.39 is 12.1 Å². The predicted octanol–water partition coefficient (Wildman–Crippen LogP) is 1.59. The molecule has 0 aromatic rings. The second-order valence-electron chi connectivity index (χ2n) is 3.92. The van der Waals surface area contributed by atoms with Crippen molar-refractivity contribution >= 4 is 5.97 Å². The van der Waals surface area contributed by atoms with Crippen molar-refractivity contribution in [3.05, 3.63) is 0 Å². The van der Waals surface area contributed by atoms with Crippen molar-refractivity contribution in [2.45, 2.75) is 39.7 Å². The number of carbonyl (C=O) groups is 1. The summed E-state index contributed by atoms with van der Waals surface area (Å²) in [6.45, 7) is 6.11. The maximum Gasteiger partial charge on any atom is 0.334 e. The largest absolute Gasteiger partial charge is 0.467 e. The molecule has 0 radical (unpaired) electrons. The summed E-state index contributed by atoms with van der Waals surface area (Å²) in [5.74, 6) is 0.0541. The maximum atomic E-state index is 10.9. The van der Waals surface area contributed by atoms with Crippen molar-refractivity contribution in [3.63, 3.8) is 0 Å². The first kappa shape index (κ1) is 12.4. The van der Waals surface area contributed by atoms with Crippen molar-refractivity contribution in [1.29, 1.82) is 0 Å². The van der Waals surface area contributed by atoms with E-state index in [-0.39, 0.29) is 5.92 Å². The SMILES string of the molecule is COC(=O)C(O)C(C)CCC(C)C. The van der Waals surface area contributed by atoms with E-state index in [1.165, 1.54) is 7.11 Å². The highest BCUT2D eigenvalue weighted by molar-refractivity contribution is 5.74. The minimum absolute atomic E-state index is 0.0187. The average molecular weight is 188 g/mol. The van der Waals surface area contributed by atoms with Gasteiger partial charge in [0.05, 0.1) is 7.11 Å². The fourth-order valence-corrected chi connectivity index (χ4v) is 1.11. The van der Waals surface area contributed by atoms with Crippen molar-refractivity contribution in [2.75, 3.05) is 7.11 Å². The van der Waals surface area contributed by atoms with Gasteiger partial charge in [-0.2, -0.15) is 0 Å². The lowest BCUT2D eigenvalue weighted by atomic mass is 9.95. The van der Waals surface area contributed by atoms with Gasteiger partial charge in [0.1, 0.15) is 0 Å². The van der Waals surface area contributed by atoms with Crippen LogP contribution < -0.4 is 0 Å². The molecule has 0 fully saturated rings. The van der Waals surface area contributed by atoms with Gasteiger partial charge >= 0.3 is 5.97 Å². The highest BCUT2D eigenvalue weighted by Gasteiger charge is 2.22. The number of rotatable bonds is 5. The highest BCUT2D eigenvalue weighted by Crippen LogP contribution is 2.15. The Labute approximate surface area is 80.1 Å². The van der Waals surface area contributed by atoms with Gasteiger partial charge in [-0.15, -0.1) is 0 Å². The molecule has 2 unspecified atom stereocenters. The fraction of sp³-hybridized carbons (Fsp3) is 0.900. The molecule has 13 heavy (non-hydrogen) atoms. The van der Waals surface area contributed by atoms with Gasteiger partial charge in [-0.25, -0.2) is 4.79 Å². The van der Waals surface area contributed by atoms with Crippen LogP contribution in [-0.4, -0.2) is 24.3 Å². The Morgan fingerprint density at radius 1 is 1.31 bits per heavy atom. The Hall–Kier alpha value is -0.570. The van der Waals surface area contributed by atoms with Crippen LogP contribution in [0.25, 0.3) is 0 Å². The molecule has 3 nitrogen and oxygen atoms in total. The third-order valence-electron chi connectivity index (χ3n) is 2.18. The Balaban J connectivity index is 3.82. The molecule has 0 aromatic heterocycles. The van der Waals surface area contributed by atoms with Crippen LogP contribution in [0.3, 0.4) is 0 Å². The fourth-order valence-electron chi connectivity index (χ4n) is 1.11. The van der Waals surface area contributed by atoms with Gasteiger partial charge in [-0.05, 0) is 18.3 Å². The van der Waals surface area contributed by atoms with Gasteiger partial charge in [0, 0.05) is 0 Å². The van der Waals surface area contributed by atoms with Gasteiger partial charge in [-0.1, -0.05) is 27.2 Å². The number of methoxy groups -OCH3 is 1. The smallest absolute Gasteiger partial charge is 0.334 e. The molecule has 0 aromatic carbocycles. The van der Waals surface area contributed by atoms with Crippen molar-refractivity contribution in [1.82, 2.24) is 0 Å². The number of aliphatic hydroxyl groups is 1. The van der Waals surface area contributed by atoms with E-state index in [4.69, 9.17) is 0 Å². The Morgan fingerprint density at radius 2 is 1.85 bits per heavy atom. The summed E-state index contributed by atoms with van der Waals surface area (Å²) in [5, 5.41) is 9.42. The first-order chi connectivity index (χ1) is 5.99. The van der Waals surface area contributed by atoms with E-state index >= 15 is 0 Å². The van der Waals surface area contributed by atoms with Gasteiger partial charge in [0.15, 0.2) is 6.10 Å². The standard InChI is InChI=1S/C10H20O3/c1-7(2)5-6-8(3)9(11)10(12)13-4/h7-9,11H,5-6H2,1-4H3. The zero-order chi connectivity index (χ0) is 10.4. The lowest BCUT2D eigenvalue weighted by Gasteiger charge is -2.17. The van der Waals surface area contributed by atoms with Crippen molar-refractivity contribution < 1.29 is 14.6 Å². The molecule has 78 valence electrons. The van der Waals surface area contributed by atoms with Gasteiger partial charge in [-0.3, -0.25) is 0 Å². The number of carbonyl (C=O) groups excluding carboxylic acids is 1. The Morgan fingerprint density at radius 3 is 2.23 bits per heavy atom. The van der Waals surface area contributed by atoms with Crippen LogP contribution in [0, 0.1) is 11.8 Å². The van der Waals surface area contributed by atoms with Crippen LogP contribution in [0.2, 0.25) is 0 Å². The van der Waals surface area contributed by atoms with Crippen LogP contribution in [-0.2, 0) is 9.53 Å². The van der Waals surface area contributed by atoms with Gasteiger partial charge < -0.3 is 9.84 Å². The zero-order valence-electron chi connectivity index (χ0n) is 8.91. The number of esters is 1. The lowest BCUT2D eigenvalue weighted by molar-refractivity contribution is -0.153. The molecule has 0 amide bonds. The first-order valence-corrected chi connectivity index (χ1v) is 4.75. The van der Waals surface area contributed by atoms with Crippen LogP contribution >= 0.6 is 0 Å². The molecule has 0 rings (SSSR count). The Bertz CT molecular complexity index is 154. The summed E-state index contributed by atoms with van der Waals surface area (Å²) in [5.41, 5.74) is 0. The normalized spacial score (nSPS) is 15.5. The molecule has 0 heterocycles. The average Bonchev–Trinajstić information content (AvgIpc) is 2.11. The van der Waals surface area contributed by atoms with Gasteiger partial charge in [0.2, 0.25) is 0 Å². The number of ether oxygens (including phenoxy) is 1. The second-order valence-corrected chi connectivity index (χ2v) is 3.92. The topological polar surface area (TPSA) is 46.5 Å². The molecule has 0 aliphatic rings. The number of hydrogen-bond acceptors (Lipinski definition) is 3. The third kappa shape index (κ3) is 4.88. The van der Waals surface area contributed by atoms with Crippen molar-refractivity contribution in [3.8, 4) is 0 Å².